The van der Waals surface area contributed by atoms with Gasteiger partial charge in [0.15, 0.2) is 5.11 Å². The fourth-order valence-corrected chi connectivity index (χ4v) is 4.83. The predicted molar refractivity (Wildman–Crippen MR) is 119 cm³/mol. The lowest BCUT2D eigenvalue weighted by Crippen LogP contribution is -2.42. The standard InChI is InChI=1S/C22H19F3N2O2S2/c1-28-16-6-2-14(3-7-16)20-18-11-13-31-19(18)10-12-27(20)21(30)26-15-4-8-17(9-5-15)29-22(23,24)25/h2-9,11,13,20H,10,12H2,1H3,(H,26,30)/t20-/m0/s1. The molecule has 0 aliphatic carbocycles. The van der Waals surface area contributed by atoms with Gasteiger partial charge >= 0.3 is 6.36 Å². The van der Waals surface area contributed by atoms with Gasteiger partial charge in [-0.3, -0.25) is 0 Å². The maximum atomic E-state index is 12.4. The molecule has 4 rings (SSSR count). The van der Waals surface area contributed by atoms with Gasteiger partial charge in [-0.15, -0.1) is 24.5 Å². The third-order valence-corrected chi connectivity index (χ3v) is 6.33. The van der Waals surface area contributed by atoms with Crippen molar-refractivity contribution in [2.45, 2.75) is 18.8 Å². The Balaban J connectivity index is 1.56. The van der Waals surface area contributed by atoms with Crippen LogP contribution in [0.1, 0.15) is 22.0 Å². The minimum Gasteiger partial charge on any atom is -0.497 e. The molecule has 3 aromatic rings. The van der Waals surface area contributed by atoms with Gasteiger partial charge in [-0.1, -0.05) is 12.1 Å². The Labute approximate surface area is 187 Å². The summed E-state index contributed by atoms with van der Waals surface area (Å²) in [6.45, 7) is 0.727. The fraction of sp³-hybridized carbons (Fsp3) is 0.227. The van der Waals surface area contributed by atoms with E-state index < -0.39 is 6.36 Å². The highest BCUT2D eigenvalue weighted by Crippen LogP contribution is 2.38. The molecule has 0 bridgehead atoms. The minimum absolute atomic E-state index is 0.0613. The maximum absolute atomic E-state index is 12.4. The maximum Gasteiger partial charge on any atom is 0.573 e. The number of hydrogen-bond acceptors (Lipinski definition) is 4. The minimum atomic E-state index is -4.72. The zero-order valence-electron chi connectivity index (χ0n) is 16.5. The van der Waals surface area contributed by atoms with E-state index in [4.69, 9.17) is 17.0 Å². The molecule has 4 nitrogen and oxygen atoms in total. The van der Waals surface area contributed by atoms with Crippen LogP contribution in [0.2, 0.25) is 0 Å². The van der Waals surface area contributed by atoms with Crippen LogP contribution in [0.25, 0.3) is 0 Å². The zero-order chi connectivity index (χ0) is 22.0. The molecule has 0 amide bonds. The molecular formula is C22H19F3N2O2S2. The lowest BCUT2D eigenvalue weighted by atomic mass is 9.93. The van der Waals surface area contributed by atoms with Crippen LogP contribution in [-0.4, -0.2) is 30.0 Å². The molecule has 31 heavy (non-hydrogen) atoms. The molecule has 0 spiro atoms. The Kier molecular flexibility index (Phi) is 6.06. The van der Waals surface area contributed by atoms with E-state index in [1.807, 2.05) is 24.3 Å². The smallest absolute Gasteiger partial charge is 0.497 e. The number of halogens is 3. The normalized spacial score (nSPS) is 15.9. The van der Waals surface area contributed by atoms with E-state index >= 15 is 0 Å². The number of hydrogen-bond donors (Lipinski definition) is 1. The van der Waals surface area contributed by atoms with Crippen molar-refractivity contribution in [2.24, 2.45) is 0 Å². The van der Waals surface area contributed by atoms with Crippen molar-refractivity contribution in [2.75, 3.05) is 19.0 Å². The number of alkyl halides is 3. The molecule has 1 N–H and O–H groups in total. The number of nitrogens with one attached hydrogen (secondary N) is 1. The van der Waals surface area contributed by atoms with Crippen molar-refractivity contribution in [3.63, 3.8) is 0 Å². The molecule has 0 saturated carbocycles. The summed E-state index contributed by atoms with van der Waals surface area (Å²) in [7, 11) is 1.63. The van der Waals surface area contributed by atoms with Crippen LogP contribution < -0.4 is 14.8 Å². The Bertz CT molecular complexity index is 1050. The highest BCUT2D eigenvalue weighted by molar-refractivity contribution is 7.80. The van der Waals surface area contributed by atoms with E-state index in [-0.39, 0.29) is 11.8 Å². The van der Waals surface area contributed by atoms with Crippen molar-refractivity contribution in [3.05, 3.63) is 76.0 Å². The van der Waals surface area contributed by atoms with E-state index in [0.717, 1.165) is 24.3 Å². The molecule has 1 aliphatic heterocycles. The highest BCUT2D eigenvalue weighted by atomic mass is 32.1. The lowest BCUT2D eigenvalue weighted by Gasteiger charge is -2.38. The third-order valence-electron chi connectivity index (χ3n) is 5.00. The van der Waals surface area contributed by atoms with Crippen molar-refractivity contribution < 1.29 is 22.6 Å². The third kappa shape index (κ3) is 4.94. The lowest BCUT2D eigenvalue weighted by molar-refractivity contribution is -0.274. The molecule has 0 saturated heterocycles. The summed E-state index contributed by atoms with van der Waals surface area (Å²) in [5, 5.41) is 5.73. The van der Waals surface area contributed by atoms with Crippen molar-refractivity contribution >= 4 is 34.4 Å². The van der Waals surface area contributed by atoms with Gasteiger partial charge in [0.05, 0.1) is 13.2 Å². The van der Waals surface area contributed by atoms with Gasteiger partial charge in [-0.25, -0.2) is 0 Å². The summed E-state index contributed by atoms with van der Waals surface area (Å²) < 4.78 is 46.3. The molecule has 2 aromatic carbocycles. The van der Waals surface area contributed by atoms with E-state index in [1.165, 1.54) is 34.7 Å². The fourth-order valence-electron chi connectivity index (χ4n) is 3.62. The van der Waals surface area contributed by atoms with E-state index in [1.54, 1.807) is 18.4 Å². The Morgan fingerprint density at radius 3 is 2.39 bits per heavy atom. The molecular weight excluding hydrogens is 445 g/mol. The molecule has 0 fully saturated rings. The molecule has 9 heteroatoms. The molecule has 0 radical (unpaired) electrons. The van der Waals surface area contributed by atoms with Gasteiger partial charge in [-0.05, 0) is 77.6 Å². The van der Waals surface area contributed by atoms with Gasteiger partial charge in [0, 0.05) is 17.1 Å². The first kappa shape index (κ1) is 21.5. The average molecular weight is 465 g/mol. The number of fused-ring (bicyclic) bond motifs is 1. The summed E-state index contributed by atoms with van der Waals surface area (Å²) in [4.78, 5) is 3.43. The SMILES string of the molecule is COc1ccc([C@H]2c3ccsc3CCN2C(=S)Nc2ccc(OC(F)(F)F)cc2)cc1. The first-order valence-corrected chi connectivity index (χ1v) is 10.8. The second-order valence-electron chi connectivity index (χ2n) is 6.92. The molecule has 1 aromatic heterocycles. The Morgan fingerprint density at radius 2 is 1.74 bits per heavy atom. The van der Waals surface area contributed by atoms with Crippen molar-refractivity contribution in [1.29, 1.82) is 0 Å². The number of ether oxygens (including phenoxy) is 2. The quantitative estimate of drug-likeness (QED) is 0.479. The number of thiophene rings is 1. The molecule has 2 heterocycles. The van der Waals surface area contributed by atoms with E-state index in [0.29, 0.717) is 10.8 Å². The number of methoxy groups -OCH3 is 1. The number of benzene rings is 2. The van der Waals surface area contributed by atoms with Crippen molar-refractivity contribution in [1.82, 2.24) is 4.90 Å². The van der Waals surface area contributed by atoms with Gasteiger partial charge in [0.25, 0.3) is 0 Å². The number of anilines is 1. The summed E-state index contributed by atoms with van der Waals surface area (Å²) in [6, 6.07) is 15.5. The molecule has 162 valence electrons. The Hall–Kier alpha value is -2.78. The van der Waals surface area contributed by atoms with Crippen LogP contribution in [0.5, 0.6) is 11.5 Å². The Morgan fingerprint density at radius 1 is 1.06 bits per heavy atom. The molecule has 1 aliphatic rings. The van der Waals surface area contributed by atoms with Crippen LogP contribution >= 0.6 is 23.6 Å². The van der Waals surface area contributed by atoms with Gasteiger partial charge in [0.1, 0.15) is 11.5 Å². The number of nitrogens with zero attached hydrogens (tertiary/aromatic N) is 1. The highest BCUT2D eigenvalue weighted by Gasteiger charge is 2.32. The van der Waals surface area contributed by atoms with Crippen LogP contribution in [0.3, 0.4) is 0 Å². The second kappa shape index (κ2) is 8.76. The second-order valence-corrected chi connectivity index (χ2v) is 8.31. The first-order valence-electron chi connectivity index (χ1n) is 9.48. The number of thiocarbonyl (C=S) groups is 1. The topological polar surface area (TPSA) is 33.7 Å². The van der Waals surface area contributed by atoms with Crippen LogP contribution in [0.15, 0.2) is 60.0 Å². The average Bonchev–Trinajstić information content (AvgIpc) is 3.22. The van der Waals surface area contributed by atoms with Gasteiger partial charge in [0.2, 0.25) is 0 Å². The van der Waals surface area contributed by atoms with Crippen molar-refractivity contribution in [3.8, 4) is 11.5 Å². The summed E-state index contributed by atoms with van der Waals surface area (Å²) in [6.07, 6.45) is -3.85. The van der Waals surface area contributed by atoms with Crippen LogP contribution in [0.4, 0.5) is 18.9 Å². The van der Waals surface area contributed by atoms with Crippen LogP contribution in [-0.2, 0) is 6.42 Å². The summed E-state index contributed by atoms with van der Waals surface area (Å²) >= 11 is 7.42. The molecule has 0 unspecified atom stereocenters. The van der Waals surface area contributed by atoms with E-state index in [2.05, 4.69) is 26.4 Å². The molecule has 1 atom stereocenters. The van der Waals surface area contributed by atoms with E-state index in [9.17, 15) is 13.2 Å². The van der Waals surface area contributed by atoms with Gasteiger partial charge in [-0.2, -0.15) is 0 Å². The number of rotatable bonds is 4. The largest absolute Gasteiger partial charge is 0.573 e. The zero-order valence-corrected chi connectivity index (χ0v) is 18.1. The summed E-state index contributed by atoms with van der Waals surface area (Å²) in [5.41, 5.74) is 2.88. The van der Waals surface area contributed by atoms with Gasteiger partial charge < -0.3 is 19.7 Å². The monoisotopic (exact) mass is 464 g/mol. The predicted octanol–water partition coefficient (Wildman–Crippen LogP) is 6.00. The summed E-state index contributed by atoms with van der Waals surface area (Å²) in [5.74, 6) is 0.500. The van der Waals surface area contributed by atoms with Crippen LogP contribution in [0, 0.1) is 0 Å². The first-order chi connectivity index (χ1) is 14.8.